The number of benzene rings is 1. The van der Waals surface area contributed by atoms with Crippen molar-refractivity contribution >= 4 is 23.6 Å². The Balaban J connectivity index is 2.53. The first-order chi connectivity index (χ1) is 9.13. The quantitative estimate of drug-likeness (QED) is 0.612. The van der Waals surface area contributed by atoms with Crippen molar-refractivity contribution < 1.29 is 14.6 Å². The molecule has 0 aliphatic heterocycles. The number of carboxylic acids is 1. The van der Waals surface area contributed by atoms with Crippen LogP contribution in [0.25, 0.3) is 6.08 Å². The van der Waals surface area contributed by atoms with Gasteiger partial charge < -0.3 is 9.84 Å². The molecule has 0 saturated carbocycles. The summed E-state index contributed by atoms with van der Waals surface area (Å²) >= 11 is 6.03. The van der Waals surface area contributed by atoms with Crippen molar-refractivity contribution in [3.05, 3.63) is 34.9 Å². The molecule has 0 fully saturated rings. The molecule has 0 saturated heterocycles. The van der Waals surface area contributed by atoms with E-state index in [1.54, 1.807) is 18.2 Å². The van der Waals surface area contributed by atoms with Gasteiger partial charge in [0, 0.05) is 12.5 Å². The Kier molecular flexibility index (Phi) is 6.48. The largest absolute Gasteiger partial charge is 0.492 e. The summed E-state index contributed by atoms with van der Waals surface area (Å²) in [6.07, 6.45) is 4.63. The average molecular weight is 280 g/mol. The summed E-state index contributed by atoms with van der Waals surface area (Å²) in [5.74, 6) is -0.444. The number of unbranched alkanes of at least 4 members (excludes halogenated alkanes) is 2. The zero-order valence-corrected chi connectivity index (χ0v) is 11.1. The van der Waals surface area contributed by atoms with E-state index in [9.17, 15) is 4.79 Å². The summed E-state index contributed by atoms with van der Waals surface area (Å²) in [5, 5.41) is 17.3. The fraction of sp³-hybridized carbons (Fsp3) is 0.286. The molecule has 19 heavy (non-hydrogen) atoms. The second-order valence-corrected chi connectivity index (χ2v) is 4.23. The van der Waals surface area contributed by atoms with Crippen LogP contribution in [0.3, 0.4) is 0 Å². The van der Waals surface area contributed by atoms with E-state index in [0.717, 1.165) is 18.9 Å². The van der Waals surface area contributed by atoms with Gasteiger partial charge in [-0.3, -0.25) is 0 Å². The highest BCUT2D eigenvalue weighted by Gasteiger charge is 2.02. The summed E-state index contributed by atoms with van der Waals surface area (Å²) in [5.41, 5.74) is 0.698. The molecule has 0 bridgehead atoms. The van der Waals surface area contributed by atoms with Gasteiger partial charge in [-0.15, -0.1) is 0 Å². The van der Waals surface area contributed by atoms with Crippen molar-refractivity contribution in [2.24, 2.45) is 0 Å². The third kappa shape index (κ3) is 5.94. The molecule has 0 aliphatic carbocycles. The molecular formula is C14H14ClNO3. The third-order valence-electron chi connectivity index (χ3n) is 2.31. The van der Waals surface area contributed by atoms with Crippen molar-refractivity contribution in [2.45, 2.75) is 19.3 Å². The van der Waals surface area contributed by atoms with Gasteiger partial charge in [0.1, 0.15) is 5.75 Å². The van der Waals surface area contributed by atoms with E-state index in [-0.39, 0.29) is 0 Å². The molecule has 0 amide bonds. The smallest absolute Gasteiger partial charge is 0.328 e. The first-order valence-electron chi connectivity index (χ1n) is 5.84. The van der Waals surface area contributed by atoms with Gasteiger partial charge in [-0.05, 0) is 36.6 Å². The number of hydrogen-bond acceptors (Lipinski definition) is 3. The highest BCUT2D eigenvalue weighted by Crippen LogP contribution is 2.26. The van der Waals surface area contributed by atoms with Gasteiger partial charge in [-0.2, -0.15) is 5.26 Å². The van der Waals surface area contributed by atoms with Gasteiger partial charge in [0.25, 0.3) is 0 Å². The standard InChI is InChI=1S/C14H14ClNO3/c15-12-10-11(5-7-14(17)18)4-6-13(12)19-9-3-1-2-8-16/h4-7,10H,1-3,9H2,(H,17,18). The predicted molar refractivity (Wildman–Crippen MR) is 73.1 cm³/mol. The van der Waals surface area contributed by atoms with Crippen molar-refractivity contribution in [3.63, 3.8) is 0 Å². The Labute approximate surface area is 116 Å². The topological polar surface area (TPSA) is 70.3 Å². The monoisotopic (exact) mass is 279 g/mol. The molecule has 0 spiro atoms. The molecule has 1 aromatic carbocycles. The Morgan fingerprint density at radius 1 is 1.47 bits per heavy atom. The van der Waals surface area contributed by atoms with Crippen LogP contribution in [0, 0.1) is 11.3 Å². The highest BCUT2D eigenvalue weighted by atomic mass is 35.5. The summed E-state index contributed by atoms with van der Waals surface area (Å²) < 4.78 is 5.48. The first-order valence-corrected chi connectivity index (χ1v) is 6.21. The lowest BCUT2D eigenvalue weighted by Gasteiger charge is -2.07. The lowest BCUT2D eigenvalue weighted by Crippen LogP contribution is -1.97. The molecule has 0 heterocycles. The fourth-order valence-electron chi connectivity index (χ4n) is 1.39. The lowest BCUT2D eigenvalue weighted by atomic mass is 10.2. The Hall–Kier alpha value is -1.99. The molecule has 4 nitrogen and oxygen atoms in total. The van der Waals surface area contributed by atoms with E-state index < -0.39 is 5.97 Å². The minimum Gasteiger partial charge on any atom is -0.492 e. The molecule has 5 heteroatoms. The SMILES string of the molecule is N#CCCCCOc1ccc(C=CC(=O)O)cc1Cl. The number of carbonyl (C=O) groups is 1. The second kappa shape index (κ2) is 8.17. The summed E-state index contributed by atoms with van der Waals surface area (Å²) in [6, 6.07) is 7.15. The zero-order chi connectivity index (χ0) is 14.1. The highest BCUT2D eigenvalue weighted by molar-refractivity contribution is 6.32. The van der Waals surface area contributed by atoms with Crippen molar-refractivity contribution in [1.29, 1.82) is 5.26 Å². The van der Waals surface area contributed by atoms with Crippen LogP contribution in [0.2, 0.25) is 5.02 Å². The van der Waals surface area contributed by atoms with Crippen LogP contribution in [0.4, 0.5) is 0 Å². The van der Waals surface area contributed by atoms with Gasteiger partial charge in [0.15, 0.2) is 0 Å². The number of carboxylic acid groups (broad SMARTS) is 1. The molecule has 0 unspecified atom stereocenters. The normalized spacial score (nSPS) is 10.3. The van der Waals surface area contributed by atoms with Gasteiger partial charge >= 0.3 is 5.97 Å². The van der Waals surface area contributed by atoms with Gasteiger partial charge in [-0.1, -0.05) is 17.7 Å². The number of ether oxygens (including phenoxy) is 1. The van der Waals surface area contributed by atoms with Crippen LogP contribution in [0.15, 0.2) is 24.3 Å². The minimum absolute atomic E-state index is 0.438. The number of nitrogens with zero attached hydrogens (tertiary/aromatic N) is 1. The van der Waals surface area contributed by atoms with Crippen LogP contribution in [0.1, 0.15) is 24.8 Å². The van der Waals surface area contributed by atoms with Crippen LogP contribution < -0.4 is 4.74 Å². The van der Waals surface area contributed by atoms with Crippen LogP contribution in [-0.4, -0.2) is 17.7 Å². The number of rotatable bonds is 7. The van der Waals surface area contributed by atoms with E-state index in [4.69, 9.17) is 26.7 Å². The molecule has 1 aromatic rings. The molecule has 0 aromatic heterocycles. The molecular weight excluding hydrogens is 266 g/mol. The molecule has 0 aliphatic rings. The third-order valence-corrected chi connectivity index (χ3v) is 2.61. The van der Waals surface area contributed by atoms with Gasteiger partial charge in [0.05, 0.1) is 17.7 Å². The maximum Gasteiger partial charge on any atom is 0.328 e. The predicted octanol–water partition coefficient (Wildman–Crippen LogP) is 3.51. The summed E-state index contributed by atoms with van der Waals surface area (Å²) in [7, 11) is 0. The number of hydrogen-bond donors (Lipinski definition) is 1. The zero-order valence-electron chi connectivity index (χ0n) is 10.3. The average Bonchev–Trinajstić information content (AvgIpc) is 2.38. The fourth-order valence-corrected chi connectivity index (χ4v) is 1.64. The Morgan fingerprint density at radius 2 is 2.26 bits per heavy atom. The van der Waals surface area contributed by atoms with E-state index in [2.05, 4.69) is 6.07 Å². The number of halogens is 1. The van der Waals surface area contributed by atoms with E-state index in [1.165, 1.54) is 6.08 Å². The summed E-state index contributed by atoms with van der Waals surface area (Å²) in [6.45, 7) is 0.506. The van der Waals surface area contributed by atoms with Crippen LogP contribution in [-0.2, 0) is 4.79 Å². The van der Waals surface area contributed by atoms with Crippen LogP contribution >= 0.6 is 11.6 Å². The Bertz CT molecular complexity index is 506. The molecule has 0 radical (unpaired) electrons. The molecule has 1 rings (SSSR count). The van der Waals surface area contributed by atoms with Crippen LogP contribution in [0.5, 0.6) is 5.75 Å². The lowest BCUT2D eigenvalue weighted by molar-refractivity contribution is -0.131. The van der Waals surface area contributed by atoms with Gasteiger partial charge in [-0.25, -0.2) is 4.79 Å². The van der Waals surface area contributed by atoms with Gasteiger partial charge in [0.2, 0.25) is 0 Å². The minimum atomic E-state index is -1.01. The van der Waals surface area contributed by atoms with Crippen molar-refractivity contribution in [1.82, 2.24) is 0 Å². The number of aliphatic carboxylic acids is 1. The number of nitriles is 1. The van der Waals surface area contributed by atoms with E-state index >= 15 is 0 Å². The van der Waals surface area contributed by atoms with E-state index in [0.29, 0.717) is 29.4 Å². The molecule has 1 N–H and O–H groups in total. The first kappa shape index (κ1) is 15.1. The Morgan fingerprint density at radius 3 is 2.89 bits per heavy atom. The second-order valence-electron chi connectivity index (χ2n) is 3.83. The van der Waals surface area contributed by atoms with E-state index in [1.807, 2.05) is 0 Å². The summed E-state index contributed by atoms with van der Waals surface area (Å²) in [4.78, 5) is 10.4. The maximum absolute atomic E-state index is 10.4. The molecule has 100 valence electrons. The molecule has 0 atom stereocenters. The maximum atomic E-state index is 10.4. The van der Waals surface area contributed by atoms with Crippen molar-refractivity contribution in [2.75, 3.05) is 6.61 Å². The van der Waals surface area contributed by atoms with Crippen molar-refractivity contribution in [3.8, 4) is 11.8 Å².